The molecule has 0 aliphatic rings. The average Bonchev–Trinajstić information content (AvgIpc) is 3.32. The number of hydrogen-bond acceptors (Lipinski definition) is 7. The number of tetrazole rings is 1. The summed E-state index contributed by atoms with van der Waals surface area (Å²) in [6.45, 7) is 0.488. The Morgan fingerprint density at radius 1 is 1.15 bits per heavy atom. The Labute approximate surface area is 164 Å². The molecule has 0 aliphatic carbocycles. The summed E-state index contributed by atoms with van der Waals surface area (Å²) < 4.78 is 2.76. The third kappa shape index (κ3) is 3.99. The average molecular weight is 397 g/mol. The predicted octanol–water partition coefficient (Wildman–Crippen LogP) is 3.02. The van der Waals surface area contributed by atoms with Crippen molar-refractivity contribution in [2.24, 2.45) is 0 Å². The van der Waals surface area contributed by atoms with E-state index in [4.69, 9.17) is 0 Å². The van der Waals surface area contributed by atoms with Crippen LogP contribution in [0.25, 0.3) is 15.9 Å². The largest absolute Gasteiger partial charge is 0.338 e. The number of para-hydroxylation sites is 2. The van der Waals surface area contributed by atoms with Gasteiger partial charge in [0, 0.05) is 7.05 Å². The minimum atomic E-state index is 0.00173. The molecule has 0 bridgehead atoms. The molecule has 4 aromatic rings. The molecule has 0 radical (unpaired) electrons. The second-order valence-corrected chi connectivity index (χ2v) is 7.88. The van der Waals surface area contributed by atoms with E-state index >= 15 is 0 Å². The monoisotopic (exact) mass is 396 g/mol. The number of aromatic nitrogens is 5. The van der Waals surface area contributed by atoms with Crippen LogP contribution in [0, 0.1) is 0 Å². The van der Waals surface area contributed by atoms with Crippen LogP contribution in [0.5, 0.6) is 0 Å². The molecule has 2 aromatic carbocycles. The summed E-state index contributed by atoms with van der Waals surface area (Å²) in [5.41, 5.74) is 1.83. The quantitative estimate of drug-likeness (QED) is 0.466. The van der Waals surface area contributed by atoms with Crippen molar-refractivity contribution in [3.05, 3.63) is 59.6 Å². The van der Waals surface area contributed by atoms with E-state index in [0.29, 0.717) is 11.7 Å². The van der Waals surface area contributed by atoms with Gasteiger partial charge >= 0.3 is 0 Å². The van der Waals surface area contributed by atoms with Gasteiger partial charge in [-0.05, 0) is 34.7 Å². The number of nitrogens with zero attached hydrogens (tertiary/aromatic N) is 6. The zero-order valence-electron chi connectivity index (χ0n) is 14.5. The van der Waals surface area contributed by atoms with E-state index in [9.17, 15) is 4.79 Å². The van der Waals surface area contributed by atoms with E-state index in [1.807, 2.05) is 54.6 Å². The first-order valence-electron chi connectivity index (χ1n) is 8.26. The first-order valence-corrected chi connectivity index (χ1v) is 10.1. The smallest absolute Gasteiger partial charge is 0.233 e. The Morgan fingerprint density at radius 3 is 2.74 bits per heavy atom. The maximum absolute atomic E-state index is 12.5. The third-order valence-corrected chi connectivity index (χ3v) is 5.83. The Morgan fingerprint density at radius 2 is 1.93 bits per heavy atom. The summed E-state index contributed by atoms with van der Waals surface area (Å²) in [7, 11) is 1.79. The second kappa shape index (κ2) is 7.85. The minimum absolute atomic E-state index is 0.00173. The van der Waals surface area contributed by atoms with Crippen LogP contribution in [-0.4, -0.2) is 48.8 Å². The highest BCUT2D eigenvalue weighted by atomic mass is 32.2. The van der Waals surface area contributed by atoms with Crippen LogP contribution in [0.1, 0.15) is 5.01 Å². The van der Waals surface area contributed by atoms with Crippen molar-refractivity contribution < 1.29 is 4.79 Å². The van der Waals surface area contributed by atoms with Crippen molar-refractivity contribution in [3.63, 3.8) is 0 Å². The topological polar surface area (TPSA) is 76.8 Å². The molecule has 2 aromatic heterocycles. The number of benzene rings is 2. The van der Waals surface area contributed by atoms with Crippen LogP contribution in [0.2, 0.25) is 0 Å². The van der Waals surface area contributed by atoms with Crippen molar-refractivity contribution in [2.75, 3.05) is 12.8 Å². The maximum atomic E-state index is 12.5. The highest BCUT2D eigenvalue weighted by Crippen LogP contribution is 2.23. The van der Waals surface area contributed by atoms with Gasteiger partial charge in [-0.3, -0.25) is 4.79 Å². The molecule has 1 amide bonds. The van der Waals surface area contributed by atoms with Gasteiger partial charge in [0.25, 0.3) is 0 Å². The molecule has 136 valence electrons. The molecule has 0 unspecified atom stereocenters. The summed E-state index contributed by atoms with van der Waals surface area (Å²) in [6.07, 6.45) is 0. The zero-order chi connectivity index (χ0) is 18.6. The van der Waals surface area contributed by atoms with Crippen LogP contribution in [0.4, 0.5) is 0 Å². The van der Waals surface area contributed by atoms with Crippen LogP contribution in [0.3, 0.4) is 0 Å². The van der Waals surface area contributed by atoms with E-state index in [1.165, 1.54) is 11.8 Å². The Balaban J connectivity index is 1.39. The number of amides is 1. The molecule has 0 saturated heterocycles. The van der Waals surface area contributed by atoms with Gasteiger partial charge < -0.3 is 4.90 Å². The summed E-state index contributed by atoms with van der Waals surface area (Å²) >= 11 is 2.93. The van der Waals surface area contributed by atoms with E-state index in [2.05, 4.69) is 20.5 Å². The predicted molar refractivity (Wildman–Crippen MR) is 106 cm³/mol. The maximum Gasteiger partial charge on any atom is 0.233 e. The standard InChI is InChI=1S/C18H16N6OS2/c1-23(11-16-19-14-9-5-6-10-15(14)27-16)17(25)12-26-18-20-21-22-24(18)13-7-3-2-4-8-13/h2-10H,11-12H2,1H3. The molecular weight excluding hydrogens is 380 g/mol. The lowest BCUT2D eigenvalue weighted by Gasteiger charge is -2.15. The highest BCUT2D eigenvalue weighted by Gasteiger charge is 2.15. The fraction of sp³-hybridized carbons (Fsp3) is 0.167. The lowest BCUT2D eigenvalue weighted by Crippen LogP contribution is -2.27. The Hall–Kier alpha value is -2.78. The molecule has 0 fully saturated rings. The molecule has 7 nitrogen and oxygen atoms in total. The SMILES string of the molecule is CN(Cc1nc2ccccc2s1)C(=O)CSc1nnnn1-c1ccccc1. The van der Waals surface area contributed by atoms with Gasteiger partial charge in [-0.2, -0.15) is 4.68 Å². The number of carbonyl (C=O) groups is 1. The van der Waals surface area contributed by atoms with Gasteiger partial charge in [0.15, 0.2) is 0 Å². The number of fused-ring (bicyclic) bond motifs is 1. The molecule has 0 spiro atoms. The fourth-order valence-corrected chi connectivity index (χ4v) is 4.37. The fourth-order valence-electron chi connectivity index (χ4n) is 2.52. The van der Waals surface area contributed by atoms with E-state index in [1.54, 1.807) is 28.0 Å². The molecule has 2 heterocycles. The van der Waals surface area contributed by atoms with Gasteiger partial charge in [-0.1, -0.05) is 42.1 Å². The van der Waals surface area contributed by atoms with Crippen molar-refractivity contribution in [1.29, 1.82) is 0 Å². The van der Waals surface area contributed by atoms with Gasteiger partial charge in [0.1, 0.15) is 5.01 Å². The lowest BCUT2D eigenvalue weighted by molar-refractivity contribution is -0.127. The molecule has 27 heavy (non-hydrogen) atoms. The Bertz CT molecular complexity index is 1030. The highest BCUT2D eigenvalue weighted by molar-refractivity contribution is 7.99. The lowest BCUT2D eigenvalue weighted by atomic mass is 10.3. The van der Waals surface area contributed by atoms with E-state index < -0.39 is 0 Å². The second-order valence-electron chi connectivity index (χ2n) is 5.82. The molecule has 0 saturated carbocycles. The first kappa shape index (κ1) is 17.6. The van der Waals surface area contributed by atoms with Crippen LogP contribution in [0.15, 0.2) is 59.8 Å². The number of hydrogen-bond donors (Lipinski definition) is 0. The van der Waals surface area contributed by atoms with Crippen LogP contribution < -0.4 is 0 Å². The normalized spacial score (nSPS) is 11.0. The van der Waals surface area contributed by atoms with Crippen LogP contribution >= 0.6 is 23.1 Å². The van der Waals surface area contributed by atoms with E-state index in [-0.39, 0.29) is 11.7 Å². The van der Waals surface area contributed by atoms with Gasteiger partial charge in [0.05, 0.1) is 28.2 Å². The molecule has 0 atom stereocenters. The molecular formula is C18H16N6OS2. The number of thiazole rings is 1. The Kier molecular flexibility index (Phi) is 5.12. The van der Waals surface area contributed by atoms with E-state index in [0.717, 1.165) is 20.9 Å². The van der Waals surface area contributed by atoms with Crippen molar-refractivity contribution in [3.8, 4) is 5.69 Å². The summed E-state index contributed by atoms with van der Waals surface area (Å²) in [6, 6.07) is 17.6. The minimum Gasteiger partial charge on any atom is -0.338 e. The molecule has 0 N–H and O–H groups in total. The summed E-state index contributed by atoms with van der Waals surface area (Å²) in [4.78, 5) is 18.8. The van der Waals surface area contributed by atoms with Crippen molar-refractivity contribution in [1.82, 2.24) is 30.1 Å². The molecule has 0 aliphatic heterocycles. The molecule has 4 rings (SSSR count). The van der Waals surface area contributed by atoms with Gasteiger partial charge in [-0.25, -0.2) is 4.98 Å². The number of thioether (sulfide) groups is 1. The summed E-state index contributed by atoms with van der Waals surface area (Å²) in [5, 5.41) is 13.3. The first-order chi connectivity index (χ1) is 13.2. The van der Waals surface area contributed by atoms with Crippen molar-refractivity contribution >= 4 is 39.2 Å². The third-order valence-electron chi connectivity index (χ3n) is 3.90. The van der Waals surface area contributed by atoms with Crippen LogP contribution in [-0.2, 0) is 11.3 Å². The summed E-state index contributed by atoms with van der Waals surface area (Å²) in [5.74, 6) is 0.260. The zero-order valence-corrected chi connectivity index (χ0v) is 16.2. The van der Waals surface area contributed by atoms with Gasteiger partial charge in [-0.15, -0.1) is 16.4 Å². The number of carbonyl (C=O) groups excluding carboxylic acids is 1. The van der Waals surface area contributed by atoms with Crippen molar-refractivity contribution in [2.45, 2.75) is 11.7 Å². The number of rotatable bonds is 6. The van der Waals surface area contributed by atoms with Gasteiger partial charge in [0.2, 0.25) is 11.1 Å². The molecule has 9 heteroatoms.